The van der Waals surface area contributed by atoms with Crippen LogP contribution in [0, 0.1) is 0 Å². The number of nitrogens with zero attached hydrogens (tertiary/aromatic N) is 2. The summed E-state index contributed by atoms with van der Waals surface area (Å²) in [4.78, 5) is 26.6. The lowest BCUT2D eigenvalue weighted by molar-refractivity contribution is -0.138. The molecule has 3 N–H and O–H groups in total. The highest BCUT2D eigenvalue weighted by molar-refractivity contribution is 5.77. The largest absolute Gasteiger partial charge is 0.480 e. The number of aromatic nitrogens is 1. The molecular weight excluding hydrogens is 210 g/mol. The highest BCUT2D eigenvalue weighted by atomic mass is 16.4. The van der Waals surface area contributed by atoms with Gasteiger partial charge in [0.25, 0.3) is 0 Å². The van der Waals surface area contributed by atoms with Gasteiger partial charge in [0.05, 0.1) is 13.1 Å². The number of carboxylic acids is 1. The smallest absolute Gasteiger partial charge is 0.317 e. The van der Waals surface area contributed by atoms with Crippen LogP contribution in [0.4, 0.5) is 0 Å². The quantitative estimate of drug-likeness (QED) is 0.674. The Balaban J connectivity index is 2.63. The van der Waals surface area contributed by atoms with Crippen molar-refractivity contribution in [2.75, 3.05) is 13.1 Å². The molecule has 1 amide bonds. The molecule has 0 fully saturated rings. The van der Waals surface area contributed by atoms with Gasteiger partial charge in [-0.05, 0) is 17.7 Å². The number of amides is 1. The molecule has 0 atom stereocenters. The lowest BCUT2D eigenvalue weighted by atomic mass is 10.2. The van der Waals surface area contributed by atoms with Gasteiger partial charge in [0.15, 0.2) is 0 Å². The van der Waals surface area contributed by atoms with Crippen LogP contribution in [0.25, 0.3) is 0 Å². The van der Waals surface area contributed by atoms with Crippen molar-refractivity contribution in [2.24, 2.45) is 5.73 Å². The standard InChI is InChI=1S/C10H13N3O3/c11-9(14)6-13(7-10(15)16)5-8-1-3-12-4-2-8/h1-4H,5-7H2,(H2,11,14)(H,15,16). The van der Waals surface area contributed by atoms with Gasteiger partial charge in [-0.1, -0.05) is 0 Å². The second-order valence-corrected chi connectivity index (χ2v) is 3.36. The van der Waals surface area contributed by atoms with Crippen LogP contribution in [0.2, 0.25) is 0 Å². The molecule has 16 heavy (non-hydrogen) atoms. The van der Waals surface area contributed by atoms with Gasteiger partial charge in [0.2, 0.25) is 5.91 Å². The highest BCUT2D eigenvalue weighted by Crippen LogP contribution is 2.02. The summed E-state index contributed by atoms with van der Waals surface area (Å²) in [6.45, 7) is 0.0671. The van der Waals surface area contributed by atoms with E-state index in [1.807, 2.05) is 0 Å². The van der Waals surface area contributed by atoms with Crippen molar-refractivity contribution < 1.29 is 14.7 Å². The van der Waals surface area contributed by atoms with Crippen molar-refractivity contribution in [3.63, 3.8) is 0 Å². The Bertz CT molecular complexity index is 351. The van der Waals surface area contributed by atoms with E-state index in [-0.39, 0.29) is 13.1 Å². The van der Waals surface area contributed by atoms with Gasteiger partial charge in [-0.3, -0.25) is 19.5 Å². The zero-order valence-corrected chi connectivity index (χ0v) is 8.67. The monoisotopic (exact) mass is 223 g/mol. The normalized spacial score (nSPS) is 10.3. The van der Waals surface area contributed by atoms with Crippen LogP contribution in [-0.2, 0) is 16.1 Å². The van der Waals surface area contributed by atoms with Crippen LogP contribution >= 0.6 is 0 Å². The molecule has 0 aliphatic carbocycles. The van der Waals surface area contributed by atoms with E-state index < -0.39 is 11.9 Å². The number of aliphatic carboxylic acids is 1. The summed E-state index contributed by atoms with van der Waals surface area (Å²) in [5.41, 5.74) is 5.92. The molecule has 0 bridgehead atoms. The molecule has 1 aromatic heterocycles. The molecule has 0 unspecified atom stereocenters. The topological polar surface area (TPSA) is 96.5 Å². The van der Waals surface area contributed by atoms with Crippen molar-refractivity contribution in [3.8, 4) is 0 Å². The molecule has 0 aliphatic heterocycles. The molecule has 6 heteroatoms. The van der Waals surface area contributed by atoms with Crippen molar-refractivity contribution in [1.82, 2.24) is 9.88 Å². The van der Waals surface area contributed by atoms with Crippen molar-refractivity contribution in [2.45, 2.75) is 6.54 Å². The Kier molecular flexibility index (Phi) is 4.41. The minimum absolute atomic E-state index is 0.0748. The maximum atomic E-state index is 10.8. The van der Waals surface area contributed by atoms with E-state index in [0.29, 0.717) is 6.54 Å². The van der Waals surface area contributed by atoms with Crippen LogP contribution in [0.5, 0.6) is 0 Å². The third kappa shape index (κ3) is 4.52. The molecule has 1 rings (SSSR count). The molecule has 0 saturated heterocycles. The van der Waals surface area contributed by atoms with Gasteiger partial charge in [0, 0.05) is 18.9 Å². The van der Waals surface area contributed by atoms with Gasteiger partial charge in [-0.2, -0.15) is 0 Å². The SMILES string of the molecule is NC(=O)CN(CC(=O)O)Cc1ccncc1. The second kappa shape index (κ2) is 5.82. The van der Waals surface area contributed by atoms with Crippen LogP contribution < -0.4 is 5.73 Å². The van der Waals surface area contributed by atoms with Gasteiger partial charge in [-0.25, -0.2) is 0 Å². The fraction of sp³-hybridized carbons (Fsp3) is 0.300. The summed E-state index contributed by atoms with van der Waals surface area (Å²) in [6.07, 6.45) is 3.22. The molecule has 6 nitrogen and oxygen atoms in total. The summed E-state index contributed by atoms with van der Waals surface area (Å²) in [5.74, 6) is -1.54. The molecular formula is C10H13N3O3. The summed E-state index contributed by atoms with van der Waals surface area (Å²) in [6, 6.07) is 3.52. The molecule has 0 aromatic carbocycles. The lowest BCUT2D eigenvalue weighted by Gasteiger charge is -2.18. The first-order valence-electron chi connectivity index (χ1n) is 4.69. The number of carbonyl (C=O) groups is 2. The number of hydrogen-bond acceptors (Lipinski definition) is 4. The zero-order chi connectivity index (χ0) is 12.0. The molecule has 0 radical (unpaired) electrons. The van der Waals surface area contributed by atoms with E-state index in [4.69, 9.17) is 10.8 Å². The van der Waals surface area contributed by atoms with Crippen LogP contribution in [0.3, 0.4) is 0 Å². The Labute approximate surface area is 92.7 Å². The first-order chi connectivity index (χ1) is 7.58. The number of nitrogens with two attached hydrogens (primary N) is 1. The average Bonchev–Trinajstić information content (AvgIpc) is 2.16. The predicted molar refractivity (Wildman–Crippen MR) is 56.3 cm³/mol. The summed E-state index contributed by atoms with van der Waals surface area (Å²) >= 11 is 0. The Morgan fingerprint density at radius 2 is 1.94 bits per heavy atom. The summed E-state index contributed by atoms with van der Waals surface area (Å²) in [5, 5.41) is 8.67. The second-order valence-electron chi connectivity index (χ2n) is 3.36. The fourth-order valence-corrected chi connectivity index (χ4v) is 1.33. The van der Waals surface area contributed by atoms with E-state index in [1.165, 1.54) is 4.90 Å². The number of pyridine rings is 1. The van der Waals surface area contributed by atoms with Gasteiger partial charge in [-0.15, -0.1) is 0 Å². The van der Waals surface area contributed by atoms with Crippen molar-refractivity contribution in [1.29, 1.82) is 0 Å². The summed E-state index contributed by atoms with van der Waals surface area (Å²) < 4.78 is 0. The van der Waals surface area contributed by atoms with E-state index in [0.717, 1.165) is 5.56 Å². The number of primary amides is 1. The zero-order valence-electron chi connectivity index (χ0n) is 8.67. The third-order valence-corrected chi connectivity index (χ3v) is 1.89. The average molecular weight is 223 g/mol. The first kappa shape index (κ1) is 12.1. The van der Waals surface area contributed by atoms with Gasteiger partial charge < -0.3 is 10.8 Å². The highest BCUT2D eigenvalue weighted by Gasteiger charge is 2.12. The molecule has 86 valence electrons. The Morgan fingerprint density at radius 1 is 1.31 bits per heavy atom. The molecule has 1 aromatic rings. The lowest BCUT2D eigenvalue weighted by Crippen LogP contribution is -2.36. The number of carbonyl (C=O) groups excluding carboxylic acids is 1. The van der Waals surface area contributed by atoms with E-state index >= 15 is 0 Å². The third-order valence-electron chi connectivity index (χ3n) is 1.89. The molecule has 0 spiro atoms. The first-order valence-corrected chi connectivity index (χ1v) is 4.69. The summed E-state index contributed by atoms with van der Waals surface area (Å²) in [7, 11) is 0. The van der Waals surface area contributed by atoms with E-state index in [1.54, 1.807) is 24.5 Å². The van der Waals surface area contributed by atoms with Crippen molar-refractivity contribution >= 4 is 11.9 Å². The minimum atomic E-state index is -0.990. The Hall–Kier alpha value is -1.95. The van der Waals surface area contributed by atoms with E-state index in [9.17, 15) is 9.59 Å². The van der Waals surface area contributed by atoms with Crippen LogP contribution in [0.1, 0.15) is 5.56 Å². The molecule has 1 heterocycles. The minimum Gasteiger partial charge on any atom is -0.480 e. The number of rotatable bonds is 6. The molecule has 0 saturated carbocycles. The molecule has 0 aliphatic rings. The van der Waals surface area contributed by atoms with Gasteiger partial charge >= 0.3 is 5.97 Å². The van der Waals surface area contributed by atoms with Crippen LogP contribution in [0.15, 0.2) is 24.5 Å². The van der Waals surface area contributed by atoms with Crippen LogP contribution in [-0.4, -0.2) is 40.0 Å². The maximum absolute atomic E-state index is 10.8. The van der Waals surface area contributed by atoms with Crippen molar-refractivity contribution in [3.05, 3.63) is 30.1 Å². The predicted octanol–water partition coefficient (Wildman–Crippen LogP) is -0.546. The number of carboxylic acid groups (broad SMARTS) is 1. The Morgan fingerprint density at radius 3 is 2.44 bits per heavy atom. The van der Waals surface area contributed by atoms with Gasteiger partial charge in [0.1, 0.15) is 0 Å². The van der Waals surface area contributed by atoms with E-state index in [2.05, 4.69) is 4.98 Å². The number of hydrogen-bond donors (Lipinski definition) is 2. The maximum Gasteiger partial charge on any atom is 0.317 e. The fourth-order valence-electron chi connectivity index (χ4n) is 1.33.